The molecule has 0 atom stereocenters. The topological polar surface area (TPSA) is 113 Å². The molecule has 1 aliphatic carbocycles. The minimum Gasteiger partial charge on any atom is -0.348 e. The Bertz CT molecular complexity index is 1500. The number of H-pyrrole nitrogens is 1. The molecule has 8 heteroatoms. The molecule has 3 aromatic carbocycles. The normalized spacial score (nSPS) is 12.9. The lowest BCUT2D eigenvalue weighted by molar-refractivity contribution is -0.117. The van der Waals surface area contributed by atoms with Crippen LogP contribution >= 0.6 is 0 Å². The second-order valence-corrected chi connectivity index (χ2v) is 8.31. The molecule has 0 aliphatic heterocycles. The number of carbonyl (C=O) groups is 2. The van der Waals surface area contributed by atoms with Crippen molar-refractivity contribution in [1.82, 2.24) is 14.9 Å². The number of hydrogen-bond acceptors (Lipinski definition) is 4. The largest absolute Gasteiger partial charge is 0.348 e. The highest BCUT2D eigenvalue weighted by atomic mass is 16.2. The fourth-order valence-corrected chi connectivity index (χ4v) is 3.75. The van der Waals surface area contributed by atoms with E-state index in [-0.39, 0.29) is 17.7 Å². The number of rotatable bonds is 6. The summed E-state index contributed by atoms with van der Waals surface area (Å²) >= 11 is 0. The van der Waals surface area contributed by atoms with Crippen molar-refractivity contribution in [1.29, 1.82) is 0 Å². The van der Waals surface area contributed by atoms with Crippen LogP contribution < -0.4 is 21.9 Å². The van der Waals surface area contributed by atoms with E-state index in [4.69, 9.17) is 0 Å². The predicted octanol–water partition coefficient (Wildman–Crippen LogP) is 2.96. The lowest BCUT2D eigenvalue weighted by Crippen LogP contribution is -2.33. The molecule has 1 aromatic heterocycles. The summed E-state index contributed by atoms with van der Waals surface area (Å²) in [5.41, 5.74) is 1.67. The first-order valence-electron chi connectivity index (χ1n) is 11.0. The second-order valence-electron chi connectivity index (χ2n) is 8.31. The molecule has 1 fully saturated rings. The van der Waals surface area contributed by atoms with Crippen LogP contribution in [0, 0.1) is 5.92 Å². The molecule has 0 unspecified atom stereocenters. The minimum absolute atomic E-state index is 0.0472. The molecule has 4 aromatic rings. The van der Waals surface area contributed by atoms with Gasteiger partial charge in [-0.1, -0.05) is 30.3 Å². The number of fused-ring (bicyclic) bond motifs is 1. The van der Waals surface area contributed by atoms with Gasteiger partial charge in [0, 0.05) is 23.7 Å². The Morgan fingerprint density at radius 3 is 2.38 bits per heavy atom. The number of hydrogen-bond donors (Lipinski definition) is 3. The molecule has 1 saturated carbocycles. The van der Waals surface area contributed by atoms with E-state index >= 15 is 0 Å². The number of nitrogens with zero attached hydrogens (tertiary/aromatic N) is 1. The molecule has 34 heavy (non-hydrogen) atoms. The maximum atomic E-state index is 12.9. The zero-order valence-electron chi connectivity index (χ0n) is 18.2. The van der Waals surface area contributed by atoms with Gasteiger partial charge < -0.3 is 15.6 Å². The summed E-state index contributed by atoms with van der Waals surface area (Å²) < 4.78 is 1.07. The smallest absolute Gasteiger partial charge is 0.333 e. The average molecular weight is 454 g/mol. The maximum Gasteiger partial charge on any atom is 0.333 e. The highest BCUT2D eigenvalue weighted by Crippen LogP contribution is 2.30. The first-order chi connectivity index (χ1) is 16.5. The highest BCUT2D eigenvalue weighted by molar-refractivity contribution is 5.97. The van der Waals surface area contributed by atoms with Crippen LogP contribution in [0.4, 0.5) is 5.69 Å². The molecular formula is C26H22N4O4. The summed E-state index contributed by atoms with van der Waals surface area (Å²) in [7, 11) is 0. The van der Waals surface area contributed by atoms with E-state index in [1.54, 1.807) is 54.6 Å². The molecule has 1 heterocycles. The monoisotopic (exact) mass is 454 g/mol. The van der Waals surface area contributed by atoms with Gasteiger partial charge in [-0.15, -0.1) is 0 Å². The van der Waals surface area contributed by atoms with Crippen LogP contribution in [0.3, 0.4) is 0 Å². The molecule has 1 aliphatic rings. The molecule has 0 bridgehead atoms. The van der Waals surface area contributed by atoms with E-state index < -0.39 is 11.2 Å². The van der Waals surface area contributed by atoms with Crippen LogP contribution in [0.5, 0.6) is 0 Å². The van der Waals surface area contributed by atoms with Crippen LogP contribution in [0.15, 0.2) is 82.4 Å². The predicted molar refractivity (Wildman–Crippen MR) is 129 cm³/mol. The second kappa shape index (κ2) is 8.82. The summed E-state index contributed by atoms with van der Waals surface area (Å²) in [4.78, 5) is 52.7. The number of anilines is 1. The Morgan fingerprint density at radius 2 is 1.68 bits per heavy atom. The maximum absolute atomic E-state index is 12.9. The Balaban J connectivity index is 1.30. The number of para-hydroxylation sites is 1. The van der Waals surface area contributed by atoms with E-state index in [9.17, 15) is 19.2 Å². The molecular weight excluding hydrogens is 432 g/mol. The van der Waals surface area contributed by atoms with Crippen molar-refractivity contribution in [2.24, 2.45) is 5.92 Å². The molecule has 2 amide bonds. The third-order valence-corrected chi connectivity index (χ3v) is 5.80. The Hall–Kier alpha value is -4.46. The van der Waals surface area contributed by atoms with Gasteiger partial charge in [0.05, 0.1) is 16.6 Å². The molecule has 170 valence electrons. The fraction of sp³-hybridized carbons (Fsp3) is 0.154. The number of aromatic nitrogens is 2. The van der Waals surface area contributed by atoms with E-state index in [0.717, 1.165) is 28.7 Å². The van der Waals surface area contributed by atoms with Crippen molar-refractivity contribution in [3.05, 3.63) is 105 Å². The minimum atomic E-state index is -0.574. The van der Waals surface area contributed by atoms with Crippen molar-refractivity contribution in [2.75, 3.05) is 5.32 Å². The first-order valence-corrected chi connectivity index (χ1v) is 11.0. The van der Waals surface area contributed by atoms with E-state index in [2.05, 4.69) is 15.6 Å². The number of carbonyl (C=O) groups excluding carboxylic acids is 2. The zero-order chi connectivity index (χ0) is 23.7. The van der Waals surface area contributed by atoms with Crippen molar-refractivity contribution in [3.8, 4) is 5.69 Å². The van der Waals surface area contributed by atoms with Crippen molar-refractivity contribution in [2.45, 2.75) is 19.4 Å². The highest BCUT2D eigenvalue weighted by Gasteiger charge is 2.29. The molecule has 0 radical (unpaired) electrons. The average Bonchev–Trinajstić information content (AvgIpc) is 3.69. The van der Waals surface area contributed by atoms with E-state index in [0.29, 0.717) is 28.7 Å². The lowest BCUT2D eigenvalue weighted by atomic mass is 10.1. The van der Waals surface area contributed by atoms with Gasteiger partial charge in [0.25, 0.3) is 11.5 Å². The Morgan fingerprint density at radius 1 is 0.941 bits per heavy atom. The lowest BCUT2D eigenvalue weighted by Gasteiger charge is -2.09. The molecule has 0 spiro atoms. The van der Waals surface area contributed by atoms with Gasteiger partial charge in [0.15, 0.2) is 0 Å². The van der Waals surface area contributed by atoms with E-state index in [1.165, 1.54) is 6.07 Å². The third kappa shape index (κ3) is 4.38. The number of aromatic amines is 1. The van der Waals surface area contributed by atoms with Gasteiger partial charge >= 0.3 is 5.69 Å². The van der Waals surface area contributed by atoms with Crippen molar-refractivity contribution >= 4 is 28.4 Å². The third-order valence-electron chi connectivity index (χ3n) is 5.80. The molecule has 0 saturated heterocycles. The summed E-state index contributed by atoms with van der Waals surface area (Å²) in [6.07, 6.45) is 1.89. The van der Waals surface area contributed by atoms with Crippen LogP contribution in [0.25, 0.3) is 16.6 Å². The molecule has 5 rings (SSSR count). The van der Waals surface area contributed by atoms with Gasteiger partial charge in [0.1, 0.15) is 0 Å². The van der Waals surface area contributed by atoms with Gasteiger partial charge in [0.2, 0.25) is 5.91 Å². The van der Waals surface area contributed by atoms with Gasteiger partial charge in [-0.2, -0.15) is 0 Å². The zero-order valence-corrected chi connectivity index (χ0v) is 18.2. The first kappa shape index (κ1) is 21.4. The summed E-state index contributed by atoms with van der Waals surface area (Å²) in [6, 6.07) is 20.5. The fourth-order valence-electron chi connectivity index (χ4n) is 3.75. The van der Waals surface area contributed by atoms with Crippen LogP contribution in [0.2, 0.25) is 0 Å². The van der Waals surface area contributed by atoms with Crippen molar-refractivity contribution < 1.29 is 9.59 Å². The Kier molecular flexibility index (Phi) is 5.55. The van der Waals surface area contributed by atoms with Crippen LogP contribution in [-0.2, 0) is 11.3 Å². The Labute approximate surface area is 194 Å². The number of benzene rings is 3. The molecule has 8 nitrogen and oxygen atoms in total. The SMILES string of the molecule is O=C(NCc1ccc(NC(=O)C2CC2)cc1)c1ccc2c(=O)n(-c3ccccc3)c(=O)[nH]c2c1. The van der Waals surface area contributed by atoms with Crippen LogP contribution in [-0.4, -0.2) is 21.4 Å². The van der Waals surface area contributed by atoms with Crippen molar-refractivity contribution in [3.63, 3.8) is 0 Å². The van der Waals surface area contributed by atoms with Gasteiger partial charge in [-0.05, 0) is 60.9 Å². The van der Waals surface area contributed by atoms with E-state index in [1.807, 2.05) is 12.1 Å². The number of nitrogens with one attached hydrogen (secondary N) is 3. The standard InChI is InChI=1S/C26H22N4O4/c31-23(27-15-16-6-11-19(12-7-16)28-24(32)17-8-9-17)18-10-13-21-22(14-18)29-26(34)30(25(21)33)20-4-2-1-3-5-20/h1-7,10-14,17H,8-9,15H2,(H,27,31)(H,28,32)(H,29,34). The van der Waals surface area contributed by atoms with Gasteiger partial charge in [-0.25, -0.2) is 9.36 Å². The summed E-state index contributed by atoms with van der Waals surface area (Å²) in [5.74, 6) is -0.149. The van der Waals surface area contributed by atoms with Gasteiger partial charge in [-0.3, -0.25) is 14.4 Å². The quantitative estimate of drug-likeness (QED) is 0.416. The number of amides is 2. The summed E-state index contributed by atoms with van der Waals surface area (Å²) in [5, 5.41) is 6.02. The van der Waals surface area contributed by atoms with Crippen LogP contribution in [0.1, 0.15) is 28.8 Å². The summed E-state index contributed by atoms with van der Waals surface area (Å²) in [6.45, 7) is 0.292. The molecule has 3 N–H and O–H groups in total.